The number of aromatic nitrogens is 1. The highest BCUT2D eigenvalue weighted by Crippen LogP contribution is 2.41. The molecular formula is C51H32N4O2. The Morgan fingerprint density at radius 3 is 2.00 bits per heavy atom. The average molecular weight is 733 g/mol. The third-order valence-electron chi connectivity index (χ3n) is 11.3. The zero-order valence-corrected chi connectivity index (χ0v) is 30.6. The molecule has 0 spiro atoms. The summed E-state index contributed by atoms with van der Waals surface area (Å²) in [5.74, 6) is 1.42. The molecule has 0 saturated carbocycles. The van der Waals surface area contributed by atoms with Crippen molar-refractivity contribution >= 4 is 77.4 Å². The number of hydrogen-bond donors (Lipinski definition) is 1. The molecule has 12 rings (SSSR count). The van der Waals surface area contributed by atoms with Crippen LogP contribution in [0.3, 0.4) is 0 Å². The quantitative estimate of drug-likeness (QED) is 0.192. The maximum absolute atomic E-state index is 6.69. The van der Waals surface area contributed by atoms with E-state index in [4.69, 9.17) is 18.8 Å². The van der Waals surface area contributed by atoms with Gasteiger partial charge in [0.05, 0.1) is 16.4 Å². The van der Waals surface area contributed by atoms with Crippen LogP contribution in [0.5, 0.6) is 0 Å². The number of furan rings is 2. The van der Waals surface area contributed by atoms with Crippen LogP contribution in [0, 0.1) is 0 Å². The molecule has 1 N–H and O–H groups in total. The third kappa shape index (κ3) is 5.04. The van der Waals surface area contributed by atoms with Gasteiger partial charge in [0.25, 0.3) is 0 Å². The van der Waals surface area contributed by atoms with E-state index < -0.39 is 0 Å². The zero-order valence-electron chi connectivity index (χ0n) is 30.6. The van der Waals surface area contributed by atoms with E-state index in [1.54, 1.807) is 0 Å². The van der Waals surface area contributed by atoms with Gasteiger partial charge in [-0.1, -0.05) is 121 Å². The number of hydrogen-bond acceptors (Lipinski definition) is 5. The van der Waals surface area contributed by atoms with Crippen molar-refractivity contribution in [3.05, 3.63) is 199 Å². The van der Waals surface area contributed by atoms with E-state index in [0.717, 1.165) is 105 Å². The summed E-state index contributed by atoms with van der Waals surface area (Å²) in [4.78, 5) is 10.3. The largest absolute Gasteiger partial charge is 0.456 e. The molecule has 0 bridgehead atoms. The number of aliphatic imine (C=N–C) groups is 2. The molecule has 1 aliphatic rings. The van der Waals surface area contributed by atoms with Gasteiger partial charge in [-0.3, -0.25) is 0 Å². The molecule has 1 aliphatic heterocycles. The molecule has 57 heavy (non-hydrogen) atoms. The minimum Gasteiger partial charge on any atom is -0.456 e. The molecular weight excluding hydrogens is 701 g/mol. The summed E-state index contributed by atoms with van der Waals surface area (Å²) in [6.07, 6.45) is -0.336. The molecule has 0 amide bonds. The predicted octanol–water partition coefficient (Wildman–Crippen LogP) is 12.7. The number of nitrogens with one attached hydrogen (secondary N) is 1. The monoisotopic (exact) mass is 732 g/mol. The normalized spacial score (nSPS) is 14.5. The fourth-order valence-electron chi connectivity index (χ4n) is 8.57. The van der Waals surface area contributed by atoms with Crippen LogP contribution in [-0.4, -0.2) is 16.2 Å². The second-order valence-corrected chi connectivity index (χ2v) is 14.6. The predicted molar refractivity (Wildman–Crippen MR) is 233 cm³/mol. The Morgan fingerprint density at radius 2 is 1.14 bits per heavy atom. The number of benzene rings is 8. The van der Waals surface area contributed by atoms with Crippen molar-refractivity contribution in [2.75, 3.05) is 0 Å². The van der Waals surface area contributed by atoms with Gasteiger partial charge in [-0.15, -0.1) is 0 Å². The van der Waals surface area contributed by atoms with Crippen LogP contribution in [0.4, 0.5) is 0 Å². The first-order chi connectivity index (χ1) is 28.2. The lowest BCUT2D eigenvalue weighted by atomic mass is 10.0. The third-order valence-corrected chi connectivity index (χ3v) is 11.3. The van der Waals surface area contributed by atoms with E-state index in [-0.39, 0.29) is 6.17 Å². The highest BCUT2D eigenvalue weighted by molar-refractivity contribution is 6.24. The van der Waals surface area contributed by atoms with Crippen LogP contribution in [0.2, 0.25) is 0 Å². The van der Waals surface area contributed by atoms with Gasteiger partial charge in [0.2, 0.25) is 0 Å². The van der Waals surface area contributed by atoms with Crippen LogP contribution in [0.25, 0.3) is 82.5 Å². The van der Waals surface area contributed by atoms with Crippen molar-refractivity contribution in [1.82, 2.24) is 9.88 Å². The Balaban J connectivity index is 0.976. The van der Waals surface area contributed by atoms with E-state index in [1.807, 2.05) is 36.4 Å². The SMILES string of the molecule is c1ccc(C2=NC(c3ccc4c(c3)oc3cc(-n5c6ccccc6c6c7oc8ccccc8c7ccc65)ccc34)=NC(c3cccc(-c4ccccc4)c3)N2)cc1. The summed E-state index contributed by atoms with van der Waals surface area (Å²) in [5, 5.41) is 10.2. The lowest BCUT2D eigenvalue weighted by Crippen LogP contribution is -2.33. The maximum atomic E-state index is 6.69. The van der Waals surface area contributed by atoms with Gasteiger partial charge >= 0.3 is 0 Å². The molecule has 0 saturated heterocycles. The van der Waals surface area contributed by atoms with Gasteiger partial charge < -0.3 is 18.7 Å². The molecule has 4 heterocycles. The molecule has 1 atom stereocenters. The first kappa shape index (κ1) is 31.6. The Hall–Kier alpha value is -7.70. The van der Waals surface area contributed by atoms with Crippen molar-refractivity contribution in [3.8, 4) is 16.8 Å². The molecule has 268 valence electrons. The Morgan fingerprint density at radius 1 is 0.456 bits per heavy atom. The van der Waals surface area contributed by atoms with Crippen molar-refractivity contribution in [2.24, 2.45) is 9.98 Å². The highest BCUT2D eigenvalue weighted by Gasteiger charge is 2.23. The van der Waals surface area contributed by atoms with Gasteiger partial charge in [0.15, 0.2) is 5.84 Å². The second-order valence-electron chi connectivity index (χ2n) is 14.6. The molecule has 3 aromatic heterocycles. The van der Waals surface area contributed by atoms with Crippen molar-refractivity contribution in [2.45, 2.75) is 6.17 Å². The minimum atomic E-state index is -0.336. The summed E-state index contributed by atoms with van der Waals surface area (Å²) in [7, 11) is 0. The maximum Gasteiger partial charge on any atom is 0.159 e. The average Bonchev–Trinajstić information content (AvgIpc) is 3.95. The summed E-state index contributed by atoms with van der Waals surface area (Å²) < 4.78 is 15.5. The van der Waals surface area contributed by atoms with Crippen LogP contribution in [0.1, 0.15) is 22.9 Å². The van der Waals surface area contributed by atoms with Crippen LogP contribution in [-0.2, 0) is 0 Å². The first-order valence-corrected chi connectivity index (χ1v) is 19.2. The van der Waals surface area contributed by atoms with Crippen LogP contribution in [0.15, 0.2) is 201 Å². The molecule has 6 heteroatoms. The molecule has 6 nitrogen and oxygen atoms in total. The Kier molecular flexibility index (Phi) is 6.89. The Labute approximate surface area is 326 Å². The van der Waals surface area contributed by atoms with E-state index in [0.29, 0.717) is 5.84 Å². The van der Waals surface area contributed by atoms with Gasteiger partial charge in [-0.2, -0.15) is 0 Å². The summed E-state index contributed by atoms with van der Waals surface area (Å²) in [6.45, 7) is 0. The lowest BCUT2D eigenvalue weighted by Gasteiger charge is -2.24. The second kappa shape index (κ2) is 12.4. The number of fused-ring (bicyclic) bond motifs is 10. The fourth-order valence-corrected chi connectivity index (χ4v) is 8.57. The summed E-state index contributed by atoms with van der Waals surface area (Å²) in [5.41, 5.74) is 11.9. The molecule has 0 fully saturated rings. The molecule has 1 unspecified atom stereocenters. The van der Waals surface area contributed by atoms with E-state index in [2.05, 4.69) is 155 Å². The molecule has 11 aromatic rings. The topological polar surface area (TPSA) is 68.0 Å². The van der Waals surface area contributed by atoms with E-state index in [9.17, 15) is 0 Å². The number of amidine groups is 2. The molecule has 0 radical (unpaired) electrons. The van der Waals surface area contributed by atoms with Crippen molar-refractivity contribution < 1.29 is 8.83 Å². The fraction of sp³-hybridized carbons (Fsp3) is 0.0196. The van der Waals surface area contributed by atoms with Crippen molar-refractivity contribution in [1.29, 1.82) is 0 Å². The zero-order chi connectivity index (χ0) is 37.5. The highest BCUT2D eigenvalue weighted by atomic mass is 16.3. The van der Waals surface area contributed by atoms with Gasteiger partial charge in [0, 0.05) is 49.8 Å². The number of para-hydroxylation sites is 2. The Bertz CT molecular complexity index is 3440. The number of nitrogens with zero attached hydrogens (tertiary/aromatic N) is 3. The van der Waals surface area contributed by atoms with Crippen molar-refractivity contribution in [3.63, 3.8) is 0 Å². The van der Waals surface area contributed by atoms with Gasteiger partial charge in [-0.25, -0.2) is 9.98 Å². The summed E-state index contributed by atoms with van der Waals surface area (Å²) >= 11 is 0. The molecule has 0 aliphatic carbocycles. The first-order valence-electron chi connectivity index (χ1n) is 19.2. The van der Waals surface area contributed by atoms with Gasteiger partial charge in [0.1, 0.15) is 34.3 Å². The minimum absolute atomic E-state index is 0.336. The number of rotatable bonds is 5. The van der Waals surface area contributed by atoms with E-state index in [1.165, 1.54) is 0 Å². The van der Waals surface area contributed by atoms with E-state index >= 15 is 0 Å². The standard InChI is InChI=1S/C51H32N4O2/c1-3-12-31(13-4-1)33-16-11-17-34(28-33)50-52-49(32-14-5-2-6-15-32)53-51(54-50)35-22-24-38-39-25-23-36(30-46(39)56-45(38)29-35)55-42-20-9-7-19-41(42)47-43(55)27-26-40-37-18-8-10-21-44(37)57-48(40)47/h1-30,50H,(H,52,53,54). The van der Waals surface area contributed by atoms with Gasteiger partial charge in [-0.05, 0) is 71.3 Å². The smallest absolute Gasteiger partial charge is 0.159 e. The lowest BCUT2D eigenvalue weighted by molar-refractivity contribution is 0.667. The summed E-state index contributed by atoms with van der Waals surface area (Å²) in [6, 6.07) is 63.2. The molecule has 8 aromatic carbocycles. The van der Waals surface area contributed by atoms with Crippen LogP contribution < -0.4 is 5.32 Å². The van der Waals surface area contributed by atoms with Crippen LogP contribution >= 0.6 is 0 Å².